The molecule has 0 aromatic carbocycles. The molecule has 0 spiro atoms. The summed E-state index contributed by atoms with van der Waals surface area (Å²) in [6.45, 7) is 13.3. The molecule has 3 aliphatic heterocycles. The minimum Gasteiger partial charge on any atom is -0.465 e. The first-order valence-corrected chi connectivity index (χ1v) is 13.1. The van der Waals surface area contributed by atoms with Gasteiger partial charge in [-0.3, -0.25) is 4.90 Å². The van der Waals surface area contributed by atoms with Crippen molar-refractivity contribution in [2.45, 2.75) is 46.5 Å². The first kappa shape index (κ1) is 24.5. The fourth-order valence-electron chi connectivity index (χ4n) is 5.13. The summed E-state index contributed by atoms with van der Waals surface area (Å²) in [5, 5.41) is 3.50. The Hall–Kier alpha value is -1.65. The fraction of sp³-hybridized carbons (Fsp3) is 0.667. The lowest BCUT2D eigenvalue weighted by atomic mass is 9.81. The Kier molecular flexibility index (Phi) is 7.96. The molecule has 1 aromatic heterocycles. The van der Waals surface area contributed by atoms with Gasteiger partial charge in [0.15, 0.2) is 0 Å². The van der Waals surface area contributed by atoms with Crippen LogP contribution >= 0.6 is 11.3 Å². The summed E-state index contributed by atoms with van der Waals surface area (Å²) in [4.78, 5) is 17.0. The van der Waals surface area contributed by atoms with Crippen LogP contribution in [0.15, 0.2) is 11.6 Å². The number of hydrogen-bond donors (Lipinski definition) is 1. The van der Waals surface area contributed by atoms with Crippen molar-refractivity contribution >= 4 is 22.9 Å². The second-order valence-corrected chi connectivity index (χ2v) is 11.6. The first-order valence-electron chi connectivity index (χ1n) is 12.3. The summed E-state index contributed by atoms with van der Waals surface area (Å²) in [5.41, 5.74) is 3.85. The van der Waals surface area contributed by atoms with Gasteiger partial charge in [0, 0.05) is 37.2 Å². The van der Waals surface area contributed by atoms with Crippen LogP contribution in [0.25, 0.3) is 5.57 Å². The Bertz CT molecular complexity index is 935. The number of methoxy groups -OCH3 is 1. The molecule has 2 fully saturated rings. The maximum atomic E-state index is 12.8. The lowest BCUT2D eigenvalue weighted by Gasteiger charge is -2.36. The summed E-state index contributed by atoms with van der Waals surface area (Å²) >= 11 is 1.48. The Balaban J connectivity index is 1.72. The van der Waals surface area contributed by atoms with Gasteiger partial charge in [0.25, 0.3) is 0 Å². The smallest absolute Gasteiger partial charge is 0.348 e. The maximum absolute atomic E-state index is 12.8. The Morgan fingerprint density at radius 3 is 2.76 bits per heavy atom. The van der Waals surface area contributed by atoms with Gasteiger partial charge in [-0.1, -0.05) is 17.4 Å². The average Bonchev–Trinajstić information content (AvgIpc) is 3.47. The number of rotatable bonds is 5. The molecule has 0 amide bonds. The molecule has 180 valence electrons. The molecule has 4 rings (SSSR count). The van der Waals surface area contributed by atoms with Crippen molar-refractivity contribution in [3.63, 3.8) is 0 Å². The summed E-state index contributed by atoms with van der Waals surface area (Å²) in [6.07, 6.45) is 4.56. The van der Waals surface area contributed by atoms with Gasteiger partial charge in [-0.25, -0.2) is 4.79 Å². The number of piperidine rings is 1. The van der Waals surface area contributed by atoms with E-state index in [0.29, 0.717) is 16.7 Å². The van der Waals surface area contributed by atoms with Crippen LogP contribution in [0.5, 0.6) is 0 Å². The number of ether oxygens (including phenoxy) is 2. The van der Waals surface area contributed by atoms with Crippen molar-refractivity contribution < 1.29 is 14.3 Å². The average molecular weight is 471 g/mol. The van der Waals surface area contributed by atoms with Gasteiger partial charge in [-0.15, -0.1) is 11.3 Å². The van der Waals surface area contributed by atoms with Crippen LogP contribution in [0.2, 0.25) is 0 Å². The SMILES string of the molecule is COC(=O)c1sc(C#CC(C)(C)C)cc1C1=C(C2CCNCC2)CCN(CC2CCOC2)C1. The zero-order chi connectivity index (χ0) is 23.4. The van der Waals surface area contributed by atoms with Crippen LogP contribution in [0.3, 0.4) is 0 Å². The molecule has 2 saturated heterocycles. The standard InChI is InChI=1S/C27H38N2O3S/c1-27(2,3)10-5-21-15-23(25(33-21)26(30)31-4)24-17-29(16-19-9-14-32-18-19)13-8-22(24)20-6-11-28-12-7-20/h15,19-20,28H,6-9,11-14,16-18H2,1-4H3. The van der Waals surface area contributed by atoms with E-state index in [-0.39, 0.29) is 11.4 Å². The predicted octanol–water partition coefficient (Wildman–Crippen LogP) is 4.43. The van der Waals surface area contributed by atoms with Crippen LogP contribution in [-0.4, -0.2) is 63.9 Å². The molecule has 0 bridgehead atoms. The molecule has 0 aliphatic carbocycles. The lowest BCUT2D eigenvalue weighted by molar-refractivity contribution is 0.0606. The zero-order valence-electron chi connectivity index (χ0n) is 20.6. The molecule has 4 heterocycles. The van der Waals surface area contributed by atoms with Crippen molar-refractivity contribution in [3.8, 4) is 11.8 Å². The largest absolute Gasteiger partial charge is 0.465 e. The molecule has 1 unspecified atom stereocenters. The number of carbonyl (C=O) groups excluding carboxylic acids is 1. The lowest BCUT2D eigenvalue weighted by Crippen LogP contribution is -2.38. The van der Waals surface area contributed by atoms with Crippen molar-refractivity contribution in [3.05, 3.63) is 27.0 Å². The van der Waals surface area contributed by atoms with Crippen LogP contribution in [0.4, 0.5) is 0 Å². The van der Waals surface area contributed by atoms with Crippen LogP contribution < -0.4 is 5.32 Å². The van der Waals surface area contributed by atoms with Crippen molar-refractivity contribution in [1.29, 1.82) is 0 Å². The molecule has 0 saturated carbocycles. The van der Waals surface area contributed by atoms with Gasteiger partial charge in [0.2, 0.25) is 0 Å². The molecule has 1 N–H and O–H groups in total. The third kappa shape index (κ3) is 6.27. The third-order valence-corrected chi connectivity index (χ3v) is 7.86. The van der Waals surface area contributed by atoms with E-state index in [2.05, 4.69) is 48.9 Å². The highest BCUT2D eigenvalue weighted by atomic mass is 32.1. The maximum Gasteiger partial charge on any atom is 0.348 e. The highest BCUT2D eigenvalue weighted by Gasteiger charge is 2.31. The number of carbonyl (C=O) groups is 1. The minimum atomic E-state index is -0.253. The van der Waals surface area contributed by atoms with Crippen LogP contribution in [-0.2, 0) is 9.47 Å². The molecule has 5 nitrogen and oxygen atoms in total. The van der Waals surface area contributed by atoms with Gasteiger partial charge in [0.1, 0.15) is 4.88 Å². The summed E-state index contributed by atoms with van der Waals surface area (Å²) in [5.74, 6) is 7.61. The fourth-order valence-corrected chi connectivity index (χ4v) is 6.09. The van der Waals surface area contributed by atoms with Crippen molar-refractivity contribution in [2.75, 3.05) is 53.0 Å². The Morgan fingerprint density at radius 1 is 1.30 bits per heavy atom. The van der Waals surface area contributed by atoms with Gasteiger partial charge in [0.05, 0.1) is 18.6 Å². The van der Waals surface area contributed by atoms with Crippen LogP contribution in [0, 0.1) is 29.1 Å². The summed E-state index contributed by atoms with van der Waals surface area (Å²) in [7, 11) is 1.47. The van der Waals surface area contributed by atoms with E-state index in [1.165, 1.54) is 36.9 Å². The van der Waals surface area contributed by atoms with E-state index >= 15 is 0 Å². The number of esters is 1. The molecule has 3 aliphatic rings. The summed E-state index contributed by atoms with van der Waals surface area (Å²) < 4.78 is 10.8. The van der Waals surface area contributed by atoms with Crippen molar-refractivity contribution in [2.24, 2.45) is 17.3 Å². The van der Waals surface area contributed by atoms with Gasteiger partial charge in [-0.2, -0.15) is 0 Å². The number of thiophene rings is 1. The van der Waals surface area contributed by atoms with Gasteiger partial charge < -0.3 is 14.8 Å². The molecular formula is C27H38N2O3S. The highest BCUT2D eigenvalue weighted by molar-refractivity contribution is 7.14. The Morgan fingerprint density at radius 2 is 2.09 bits per heavy atom. The predicted molar refractivity (Wildman–Crippen MR) is 134 cm³/mol. The van der Waals surface area contributed by atoms with E-state index in [0.717, 1.165) is 69.2 Å². The topological polar surface area (TPSA) is 50.8 Å². The summed E-state index contributed by atoms with van der Waals surface area (Å²) in [6, 6.07) is 2.15. The van der Waals surface area contributed by atoms with E-state index in [4.69, 9.17) is 9.47 Å². The zero-order valence-corrected chi connectivity index (χ0v) is 21.4. The van der Waals surface area contributed by atoms with E-state index in [1.54, 1.807) is 5.57 Å². The monoisotopic (exact) mass is 470 g/mol. The highest BCUT2D eigenvalue weighted by Crippen LogP contribution is 2.39. The number of hydrogen-bond acceptors (Lipinski definition) is 6. The molecule has 1 aromatic rings. The number of nitrogens with one attached hydrogen (secondary N) is 1. The van der Waals surface area contributed by atoms with E-state index < -0.39 is 0 Å². The normalized spacial score (nSPS) is 22.8. The number of nitrogens with zero attached hydrogens (tertiary/aromatic N) is 1. The molecule has 6 heteroatoms. The van der Waals surface area contributed by atoms with Crippen LogP contribution in [0.1, 0.15) is 66.6 Å². The first-order chi connectivity index (χ1) is 15.8. The van der Waals surface area contributed by atoms with E-state index in [9.17, 15) is 4.79 Å². The molecule has 0 radical (unpaired) electrons. The molecule has 1 atom stereocenters. The molecular weight excluding hydrogens is 432 g/mol. The second-order valence-electron chi connectivity index (χ2n) is 10.6. The van der Waals surface area contributed by atoms with Gasteiger partial charge in [-0.05, 0) is 83.0 Å². The van der Waals surface area contributed by atoms with Gasteiger partial charge >= 0.3 is 5.97 Å². The quantitative estimate of drug-likeness (QED) is 0.510. The molecule has 33 heavy (non-hydrogen) atoms. The second kappa shape index (κ2) is 10.7. The van der Waals surface area contributed by atoms with E-state index in [1.807, 2.05) is 0 Å². The van der Waals surface area contributed by atoms with Crippen molar-refractivity contribution in [1.82, 2.24) is 10.2 Å². The Labute approximate surface area is 202 Å². The minimum absolute atomic E-state index is 0.0832. The third-order valence-electron chi connectivity index (χ3n) is 6.83.